The van der Waals surface area contributed by atoms with Crippen molar-refractivity contribution in [2.24, 2.45) is 5.92 Å². The third kappa shape index (κ3) is 4.02. The molecule has 0 spiro atoms. The molecule has 2 aliphatic heterocycles. The molecule has 0 radical (unpaired) electrons. The van der Waals surface area contributed by atoms with E-state index in [1.807, 2.05) is 0 Å². The van der Waals surface area contributed by atoms with Crippen LogP contribution in [0, 0.1) is 11.7 Å². The maximum Gasteiger partial charge on any atom is 0.262 e. The number of likely N-dealkylation sites (tertiary alicyclic amines) is 1. The molecular formula is C24H21FN4O4. The highest BCUT2D eigenvalue weighted by Crippen LogP contribution is 2.25. The third-order valence-corrected chi connectivity index (χ3v) is 6.09. The Morgan fingerprint density at radius 3 is 2.39 bits per heavy atom. The molecular weight excluding hydrogens is 427 g/mol. The van der Waals surface area contributed by atoms with Crippen LogP contribution in [0.15, 0.2) is 53.1 Å². The van der Waals surface area contributed by atoms with Crippen molar-refractivity contribution in [3.63, 3.8) is 0 Å². The molecule has 1 atom stereocenters. The lowest BCUT2D eigenvalue weighted by molar-refractivity contribution is -0.133. The van der Waals surface area contributed by atoms with Gasteiger partial charge in [0.05, 0.1) is 16.7 Å². The zero-order valence-corrected chi connectivity index (χ0v) is 17.7. The number of rotatable bonds is 5. The highest BCUT2D eigenvalue weighted by molar-refractivity contribution is 6.22. The Morgan fingerprint density at radius 1 is 1.03 bits per heavy atom. The number of hydrogen-bond acceptors (Lipinski definition) is 6. The van der Waals surface area contributed by atoms with Crippen molar-refractivity contribution in [2.75, 3.05) is 19.6 Å². The van der Waals surface area contributed by atoms with Gasteiger partial charge in [-0.1, -0.05) is 29.4 Å². The van der Waals surface area contributed by atoms with Gasteiger partial charge in [-0.25, -0.2) is 4.39 Å². The molecule has 2 aromatic carbocycles. The molecule has 33 heavy (non-hydrogen) atoms. The molecule has 2 aliphatic rings. The number of imide groups is 1. The highest BCUT2D eigenvalue weighted by Gasteiger charge is 2.37. The van der Waals surface area contributed by atoms with E-state index in [0.29, 0.717) is 36.5 Å². The van der Waals surface area contributed by atoms with Gasteiger partial charge in [-0.2, -0.15) is 4.98 Å². The van der Waals surface area contributed by atoms with Crippen LogP contribution in [-0.4, -0.2) is 57.3 Å². The van der Waals surface area contributed by atoms with Crippen LogP contribution in [0.5, 0.6) is 0 Å². The average Bonchev–Trinajstić information content (AvgIpc) is 3.38. The SMILES string of the molecule is O=C(CN1C(=O)c2ccccc2C1=O)N1CCCC(Cc2nc(-c3ccccc3F)no2)C1. The van der Waals surface area contributed by atoms with Crippen LogP contribution in [0.3, 0.4) is 0 Å². The van der Waals surface area contributed by atoms with Crippen LogP contribution in [-0.2, 0) is 11.2 Å². The summed E-state index contributed by atoms with van der Waals surface area (Å²) < 4.78 is 19.3. The molecule has 1 unspecified atom stereocenters. The lowest BCUT2D eigenvalue weighted by Gasteiger charge is -2.33. The maximum atomic E-state index is 14.0. The average molecular weight is 448 g/mol. The van der Waals surface area contributed by atoms with Crippen molar-refractivity contribution in [1.29, 1.82) is 0 Å². The summed E-state index contributed by atoms with van der Waals surface area (Å²) in [5, 5.41) is 3.88. The lowest BCUT2D eigenvalue weighted by atomic mass is 9.94. The number of nitrogens with zero attached hydrogens (tertiary/aromatic N) is 4. The normalized spacial score (nSPS) is 18.0. The summed E-state index contributed by atoms with van der Waals surface area (Å²) in [7, 11) is 0. The van der Waals surface area contributed by atoms with Crippen LogP contribution < -0.4 is 0 Å². The topological polar surface area (TPSA) is 96.6 Å². The molecule has 0 saturated carbocycles. The summed E-state index contributed by atoms with van der Waals surface area (Å²) >= 11 is 0. The summed E-state index contributed by atoms with van der Waals surface area (Å²) in [6.45, 7) is 0.735. The molecule has 3 aromatic rings. The number of carbonyl (C=O) groups excluding carboxylic acids is 3. The van der Waals surface area contributed by atoms with Crippen LogP contribution in [0.4, 0.5) is 4.39 Å². The molecule has 0 aliphatic carbocycles. The van der Waals surface area contributed by atoms with E-state index in [1.165, 1.54) is 6.07 Å². The number of aromatic nitrogens is 2. The van der Waals surface area contributed by atoms with Crippen LogP contribution in [0.25, 0.3) is 11.4 Å². The van der Waals surface area contributed by atoms with Gasteiger partial charge in [-0.15, -0.1) is 0 Å². The maximum absolute atomic E-state index is 14.0. The predicted octanol–water partition coefficient (Wildman–Crippen LogP) is 2.95. The highest BCUT2D eigenvalue weighted by atomic mass is 19.1. The first-order chi connectivity index (χ1) is 16.0. The van der Waals surface area contributed by atoms with Gasteiger partial charge in [-0.3, -0.25) is 19.3 Å². The molecule has 5 rings (SSSR count). The summed E-state index contributed by atoms with van der Waals surface area (Å²) in [4.78, 5) is 45.0. The van der Waals surface area contributed by atoms with Crippen molar-refractivity contribution < 1.29 is 23.3 Å². The minimum Gasteiger partial charge on any atom is -0.341 e. The standard InChI is InChI=1S/C24H21FN4O4/c25-19-10-4-3-9-18(19)22-26-20(33-27-22)12-15-6-5-11-28(13-15)21(30)14-29-23(31)16-7-1-2-8-17(16)24(29)32/h1-4,7-10,15H,5-6,11-14H2. The van der Waals surface area contributed by atoms with E-state index in [2.05, 4.69) is 10.1 Å². The Kier molecular flexibility index (Phi) is 5.45. The second kappa shape index (κ2) is 8.57. The minimum absolute atomic E-state index is 0.0822. The van der Waals surface area contributed by atoms with Crippen molar-refractivity contribution in [1.82, 2.24) is 19.9 Å². The van der Waals surface area contributed by atoms with Crippen molar-refractivity contribution in [3.8, 4) is 11.4 Å². The van der Waals surface area contributed by atoms with Gasteiger partial charge >= 0.3 is 0 Å². The largest absolute Gasteiger partial charge is 0.341 e. The van der Waals surface area contributed by atoms with E-state index in [1.54, 1.807) is 47.4 Å². The Balaban J connectivity index is 1.22. The van der Waals surface area contributed by atoms with Gasteiger partial charge < -0.3 is 9.42 Å². The van der Waals surface area contributed by atoms with Crippen LogP contribution >= 0.6 is 0 Å². The molecule has 3 heterocycles. The van der Waals surface area contributed by atoms with E-state index >= 15 is 0 Å². The van der Waals surface area contributed by atoms with Gasteiger partial charge in [0, 0.05) is 19.5 Å². The number of carbonyl (C=O) groups is 3. The molecule has 8 nitrogen and oxygen atoms in total. The lowest BCUT2D eigenvalue weighted by Crippen LogP contribution is -2.46. The number of amides is 3. The number of piperidine rings is 1. The molecule has 3 amide bonds. The van der Waals surface area contributed by atoms with Crippen molar-refractivity contribution in [3.05, 3.63) is 71.4 Å². The summed E-state index contributed by atoms with van der Waals surface area (Å²) in [5.74, 6) is -0.920. The molecule has 9 heteroatoms. The Morgan fingerprint density at radius 2 is 1.70 bits per heavy atom. The Hall–Kier alpha value is -3.88. The van der Waals surface area contributed by atoms with Gasteiger partial charge in [0.1, 0.15) is 12.4 Å². The van der Waals surface area contributed by atoms with E-state index in [-0.39, 0.29) is 29.8 Å². The second-order valence-corrected chi connectivity index (χ2v) is 8.29. The fourth-order valence-electron chi connectivity index (χ4n) is 4.41. The van der Waals surface area contributed by atoms with Gasteiger partial charge in [0.15, 0.2) is 0 Å². The summed E-state index contributed by atoms with van der Waals surface area (Å²) in [6.07, 6.45) is 2.11. The Labute approximate surface area is 189 Å². The van der Waals surface area contributed by atoms with E-state index in [4.69, 9.17) is 4.52 Å². The Bertz CT molecular complexity index is 1210. The smallest absolute Gasteiger partial charge is 0.262 e. The third-order valence-electron chi connectivity index (χ3n) is 6.09. The first-order valence-electron chi connectivity index (χ1n) is 10.8. The van der Waals surface area contributed by atoms with Crippen LogP contribution in [0.2, 0.25) is 0 Å². The number of benzene rings is 2. The fourth-order valence-corrected chi connectivity index (χ4v) is 4.41. The quantitative estimate of drug-likeness (QED) is 0.557. The molecule has 168 valence electrons. The molecule has 0 bridgehead atoms. The summed E-state index contributed by atoms with van der Waals surface area (Å²) in [6, 6.07) is 12.8. The van der Waals surface area contributed by atoms with Crippen molar-refractivity contribution in [2.45, 2.75) is 19.3 Å². The number of halogens is 1. The molecule has 0 N–H and O–H groups in total. The summed E-state index contributed by atoms with van der Waals surface area (Å²) in [5.41, 5.74) is 0.927. The van der Waals surface area contributed by atoms with E-state index < -0.39 is 17.6 Å². The van der Waals surface area contributed by atoms with Crippen molar-refractivity contribution >= 4 is 17.7 Å². The number of hydrogen-bond donors (Lipinski definition) is 0. The zero-order valence-electron chi connectivity index (χ0n) is 17.7. The van der Waals surface area contributed by atoms with Gasteiger partial charge in [0.2, 0.25) is 17.6 Å². The monoisotopic (exact) mass is 448 g/mol. The van der Waals surface area contributed by atoms with Gasteiger partial charge in [0.25, 0.3) is 11.8 Å². The number of fused-ring (bicyclic) bond motifs is 1. The first-order valence-corrected chi connectivity index (χ1v) is 10.8. The van der Waals surface area contributed by atoms with Crippen LogP contribution in [0.1, 0.15) is 39.4 Å². The fraction of sp³-hybridized carbons (Fsp3) is 0.292. The van der Waals surface area contributed by atoms with Gasteiger partial charge in [-0.05, 0) is 43.0 Å². The molecule has 1 aromatic heterocycles. The minimum atomic E-state index is -0.441. The molecule has 1 fully saturated rings. The van der Waals surface area contributed by atoms with E-state index in [9.17, 15) is 18.8 Å². The predicted molar refractivity (Wildman–Crippen MR) is 115 cm³/mol. The first kappa shape index (κ1) is 21.0. The second-order valence-electron chi connectivity index (χ2n) is 8.29. The molecule has 1 saturated heterocycles. The van der Waals surface area contributed by atoms with E-state index in [0.717, 1.165) is 17.7 Å². The zero-order chi connectivity index (χ0) is 22.9.